The number of nitro groups is 1. The average Bonchev–Trinajstić information content (AvgIpc) is 2.47. The van der Waals surface area contributed by atoms with Gasteiger partial charge in [-0.3, -0.25) is 10.1 Å². The number of nitro benzene ring substituents is 1. The van der Waals surface area contributed by atoms with Crippen LogP contribution in [0.3, 0.4) is 0 Å². The summed E-state index contributed by atoms with van der Waals surface area (Å²) in [4.78, 5) is 10.4. The zero-order chi connectivity index (χ0) is 15.4. The SMILES string of the molecule is COc1ccc(Br)c(COc2cccc([N+](=O)[O-])c2Br)c1. The van der Waals surface area contributed by atoms with Crippen molar-refractivity contribution in [3.63, 3.8) is 0 Å². The Morgan fingerprint density at radius 1 is 1.24 bits per heavy atom. The van der Waals surface area contributed by atoms with E-state index in [2.05, 4.69) is 31.9 Å². The van der Waals surface area contributed by atoms with Crippen molar-refractivity contribution in [2.24, 2.45) is 0 Å². The first-order chi connectivity index (χ1) is 10.0. The van der Waals surface area contributed by atoms with Crippen LogP contribution in [0.5, 0.6) is 11.5 Å². The lowest BCUT2D eigenvalue weighted by Gasteiger charge is -2.11. The van der Waals surface area contributed by atoms with Crippen molar-refractivity contribution < 1.29 is 14.4 Å². The van der Waals surface area contributed by atoms with E-state index < -0.39 is 4.92 Å². The lowest BCUT2D eigenvalue weighted by Crippen LogP contribution is -1.99. The summed E-state index contributed by atoms with van der Waals surface area (Å²) in [5.74, 6) is 1.13. The van der Waals surface area contributed by atoms with Crippen LogP contribution in [0, 0.1) is 10.1 Å². The normalized spacial score (nSPS) is 10.2. The Bertz CT molecular complexity index is 676. The molecule has 0 saturated carbocycles. The number of rotatable bonds is 5. The predicted molar refractivity (Wildman–Crippen MR) is 85.8 cm³/mol. The van der Waals surface area contributed by atoms with Crippen LogP contribution in [0.4, 0.5) is 5.69 Å². The molecule has 2 aromatic carbocycles. The van der Waals surface area contributed by atoms with Gasteiger partial charge in [0.25, 0.3) is 5.69 Å². The smallest absolute Gasteiger partial charge is 0.287 e. The molecule has 21 heavy (non-hydrogen) atoms. The van der Waals surface area contributed by atoms with Crippen LogP contribution in [-0.2, 0) is 6.61 Å². The molecule has 0 unspecified atom stereocenters. The van der Waals surface area contributed by atoms with Crippen molar-refractivity contribution in [2.45, 2.75) is 6.61 Å². The van der Waals surface area contributed by atoms with Crippen molar-refractivity contribution in [1.29, 1.82) is 0 Å². The van der Waals surface area contributed by atoms with E-state index in [0.717, 1.165) is 15.8 Å². The Hall–Kier alpha value is -1.60. The molecule has 0 saturated heterocycles. The summed E-state index contributed by atoms with van der Waals surface area (Å²) in [6.07, 6.45) is 0. The van der Waals surface area contributed by atoms with E-state index in [1.54, 1.807) is 19.2 Å². The topological polar surface area (TPSA) is 61.6 Å². The zero-order valence-electron chi connectivity index (χ0n) is 11.0. The zero-order valence-corrected chi connectivity index (χ0v) is 14.2. The molecule has 110 valence electrons. The first kappa shape index (κ1) is 15.8. The summed E-state index contributed by atoms with van der Waals surface area (Å²) < 4.78 is 12.0. The van der Waals surface area contributed by atoms with Gasteiger partial charge in [-0.2, -0.15) is 0 Å². The molecular weight excluding hydrogens is 406 g/mol. The van der Waals surface area contributed by atoms with Crippen molar-refractivity contribution in [3.05, 3.63) is 61.0 Å². The number of halogens is 2. The van der Waals surface area contributed by atoms with E-state index in [1.165, 1.54) is 6.07 Å². The number of ether oxygens (including phenoxy) is 2. The van der Waals surface area contributed by atoms with Crippen LogP contribution in [-0.4, -0.2) is 12.0 Å². The highest BCUT2D eigenvalue weighted by atomic mass is 79.9. The summed E-state index contributed by atoms with van der Waals surface area (Å²) in [7, 11) is 1.59. The molecule has 2 aromatic rings. The third-order valence-electron chi connectivity index (χ3n) is 2.78. The predicted octanol–water partition coefficient (Wildman–Crippen LogP) is 4.71. The van der Waals surface area contributed by atoms with Gasteiger partial charge in [-0.15, -0.1) is 0 Å². The second-order valence-electron chi connectivity index (χ2n) is 4.09. The first-order valence-electron chi connectivity index (χ1n) is 5.91. The van der Waals surface area contributed by atoms with Crippen LogP contribution in [0.1, 0.15) is 5.56 Å². The maximum Gasteiger partial charge on any atom is 0.287 e. The minimum absolute atomic E-state index is 0.0304. The van der Waals surface area contributed by atoms with Crippen LogP contribution in [0.15, 0.2) is 45.3 Å². The fourth-order valence-corrected chi connectivity index (χ4v) is 2.58. The van der Waals surface area contributed by atoms with E-state index in [-0.39, 0.29) is 12.3 Å². The second-order valence-corrected chi connectivity index (χ2v) is 5.74. The molecule has 0 aromatic heterocycles. The average molecular weight is 417 g/mol. The van der Waals surface area contributed by atoms with Crippen molar-refractivity contribution in [2.75, 3.05) is 7.11 Å². The largest absolute Gasteiger partial charge is 0.497 e. The van der Waals surface area contributed by atoms with Crippen LogP contribution < -0.4 is 9.47 Å². The lowest BCUT2D eigenvalue weighted by molar-refractivity contribution is -0.385. The standard InChI is InChI=1S/C14H11Br2NO4/c1-20-10-5-6-11(15)9(7-10)8-21-13-4-2-3-12(14(13)16)17(18)19/h2-7H,8H2,1H3. The number of hydrogen-bond acceptors (Lipinski definition) is 4. The van der Waals surface area contributed by atoms with Gasteiger partial charge in [-0.25, -0.2) is 0 Å². The molecule has 0 bridgehead atoms. The highest BCUT2D eigenvalue weighted by molar-refractivity contribution is 9.11. The number of hydrogen-bond donors (Lipinski definition) is 0. The number of methoxy groups -OCH3 is 1. The highest BCUT2D eigenvalue weighted by Crippen LogP contribution is 2.34. The summed E-state index contributed by atoms with van der Waals surface area (Å²) in [5.41, 5.74) is 0.852. The maximum atomic E-state index is 10.9. The molecule has 0 aliphatic heterocycles. The molecule has 0 aliphatic carbocycles. The van der Waals surface area contributed by atoms with Gasteiger partial charge in [0.15, 0.2) is 0 Å². The van der Waals surface area contributed by atoms with Crippen LogP contribution in [0.2, 0.25) is 0 Å². The molecule has 5 nitrogen and oxygen atoms in total. The Morgan fingerprint density at radius 2 is 2.00 bits per heavy atom. The Morgan fingerprint density at radius 3 is 2.67 bits per heavy atom. The van der Waals surface area contributed by atoms with Crippen molar-refractivity contribution >= 4 is 37.5 Å². The van der Waals surface area contributed by atoms with E-state index in [4.69, 9.17) is 9.47 Å². The molecule has 0 fully saturated rings. The van der Waals surface area contributed by atoms with Gasteiger partial charge in [0.2, 0.25) is 0 Å². The third-order valence-corrected chi connectivity index (χ3v) is 4.35. The molecule has 0 heterocycles. The van der Waals surface area contributed by atoms with E-state index in [0.29, 0.717) is 10.2 Å². The van der Waals surface area contributed by atoms with Gasteiger partial charge in [0.05, 0.1) is 12.0 Å². The molecular formula is C14H11Br2NO4. The van der Waals surface area contributed by atoms with Crippen molar-refractivity contribution in [1.82, 2.24) is 0 Å². The van der Waals surface area contributed by atoms with Gasteiger partial charge >= 0.3 is 0 Å². The molecule has 7 heteroatoms. The molecule has 0 atom stereocenters. The fourth-order valence-electron chi connectivity index (χ4n) is 1.70. The molecule has 0 spiro atoms. The molecule has 2 rings (SSSR count). The van der Waals surface area contributed by atoms with E-state index >= 15 is 0 Å². The quantitative estimate of drug-likeness (QED) is 0.523. The van der Waals surface area contributed by atoms with Gasteiger partial charge in [-0.05, 0) is 40.2 Å². The molecule has 0 N–H and O–H groups in total. The molecule has 0 radical (unpaired) electrons. The van der Waals surface area contributed by atoms with Crippen LogP contribution >= 0.6 is 31.9 Å². The molecule has 0 aliphatic rings. The highest BCUT2D eigenvalue weighted by Gasteiger charge is 2.16. The Kier molecular flexibility index (Phi) is 5.19. The lowest BCUT2D eigenvalue weighted by atomic mass is 10.2. The minimum atomic E-state index is -0.460. The minimum Gasteiger partial charge on any atom is -0.497 e. The van der Waals surface area contributed by atoms with Crippen molar-refractivity contribution in [3.8, 4) is 11.5 Å². The maximum absolute atomic E-state index is 10.9. The summed E-state index contributed by atoms with van der Waals surface area (Å²) >= 11 is 6.63. The second kappa shape index (κ2) is 6.91. The number of nitrogens with zero attached hydrogens (tertiary/aromatic N) is 1. The first-order valence-corrected chi connectivity index (χ1v) is 7.49. The third kappa shape index (κ3) is 3.74. The van der Waals surface area contributed by atoms with Gasteiger partial charge in [-0.1, -0.05) is 22.0 Å². The van der Waals surface area contributed by atoms with E-state index in [1.807, 2.05) is 18.2 Å². The summed E-state index contributed by atoms with van der Waals surface area (Å²) in [5, 5.41) is 10.9. The van der Waals surface area contributed by atoms with Gasteiger partial charge in [0.1, 0.15) is 22.6 Å². The monoisotopic (exact) mass is 415 g/mol. The fraction of sp³-hybridized carbons (Fsp3) is 0.143. The Labute approximate surface area is 138 Å². The summed E-state index contributed by atoms with van der Waals surface area (Å²) in [6.45, 7) is 0.261. The summed E-state index contributed by atoms with van der Waals surface area (Å²) in [6, 6.07) is 10.2. The number of benzene rings is 2. The molecule has 0 amide bonds. The Balaban J connectivity index is 2.21. The van der Waals surface area contributed by atoms with Gasteiger partial charge < -0.3 is 9.47 Å². The van der Waals surface area contributed by atoms with Crippen LogP contribution in [0.25, 0.3) is 0 Å². The van der Waals surface area contributed by atoms with E-state index in [9.17, 15) is 10.1 Å². The van der Waals surface area contributed by atoms with Gasteiger partial charge in [0, 0.05) is 16.1 Å².